The number of nitrogens with zero attached hydrogens (tertiary/aromatic N) is 2. The predicted molar refractivity (Wildman–Crippen MR) is 53.5 cm³/mol. The molecule has 1 unspecified atom stereocenters. The number of nitrogens with one attached hydrogen (secondary N) is 1. The van der Waals surface area contributed by atoms with Gasteiger partial charge in [0, 0.05) is 12.6 Å². The van der Waals surface area contributed by atoms with Crippen LogP contribution in [0, 0.1) is 0 Å². The molecule has 1 N–H and O–H groups in total. The van der Waals surface area contributed by atoms with Crippen LogP contribution in [0.1, 0.15) is 38.4 Å². The van der Waals surface area contributed by atoms with E-state index in [-0.39, 0.29) is 5.60 Å². The van der Waals surface area contributed by atoms with Gasteiger partial charge in [-0.05, 0) is 32.6 Å². The van der Waals surface area contributed by atoms with Crippen molar-refractivity contribution < 1.29 is 9.26 Å². The third-order valence-electron chi connectivity index (χ3n) is 3.02. The van der Waals surface area contributed by atoms with Gasteiger partial charge in [-0.2, -0.15) is 4.98 Å². The maximum atomic E-state index is 5.65. The highest BCUT2D eigenvalue weighted by Gasteiger charge is 2.37. The van der Waals surface area contributed by atoms with E-state index in [1.807, 2.05) is 6.92 Å². The van der Waals surface area contributed by atoms with Crippen LogP contribution in [0.3, 0.4) is 0 Å². The maximum absolute atomic E-state index is 5.65. The van der Waals surface area contributed by atoms with E-state index in [4.69, 9.17) is 9.26 Å². The fraction of sp³-hybridized carbons (Fsp3) is 0.800. The van der Waals surface area contributed by atoms with Crippen LogP contribution in [-0.4, -0.2) is 22.8 Å². The van der Waals surface area contributed by atoms with Gasteiger partial charge in [0.1, 0.15) is 5.60 Å². The van der Waals surface area contributed by atoms with Crippen molar-refractivity contribution in [2.75, 3.05) is 11.9 Å². The summed E-state index contributed by atoms with van der Waals surface area (Å²) in [4.78, 5) is 4.33. The van der Waals surface area contributed by atoms with Crippen LogP contribution < -0.4 is 5.32 Å². The predicted octanol–water partition coefficient (Wildman–Crippen LogP) is 1.67. The Morgan fingerprint density at radius 1 is 1.47 bits per heavy atom. The average molecular weight is 209 g/mol. The van der Waals surface area contributed by atoms with Crippen LogP contribution in [0.4, 0.5) is 6.01 Å². The second-order valence-electron chi connectivity index (χ2n) is 4.52. The average Bonchev–Trinajstić information content (AvgIpc) is 2.73. The quantitative estimate of drug-likeness (QED) is 0.820. The number of hydrogen-bond donors (Lipinski definition) is 1. The monoisotopic (exact) mass is 209 g/mol. The summed E-state index contributed by atoms with van der Waals surface area (Å²) in [5.41, 5.74) is -0.340. The largest absolute Gasteiger partial charge is 0.367 e. The van der Waals surface area contributed by atoms with Crippen LogP contribution in [0.15, 0.2) is 4.52 Å². The first-order chi connectivity index (χ1) is 7.26. The molecule has 5 nitrogen and oxygen atoms in total. The summed E-state index contributed by atoms with van der Waals surface area (Å²) in [6.45, 7) is 2.81. The van der Waals surface area contributed by atoms with Crippen LogP contribution >= 0.6 is 0 Å². The van der Waals surface area contributed by atoms with E-state index in [0.29, 0.717) is 17.9 Å². The van der Waals surface area contributed by atoms with Crippen LogP contribution in [0.25, 0.3) is 0 Å². The molecule has 0 bridgehead atoms. The Bertz CT molecular complexity index is 353. The summed E-state index contributed by atoms with van der Waals surface area (Å²) in [5.74, 6) is 0.670. The molecule has 5 heteroatoms. The molecule has 1 aromatic heterocycles. The van der Waals surface area contributed by atoms with Gasteiger partial charge in [-0.25, -0.2) is 0 Å². The topological polar surface area (TPSA) is 60.2 Å². The van der Waals surface area contributed by atoms with E-state index in [9.17, 15) is 0 Å². The zero-order valence-corrected chi connectivity index (χ0v) is 8.82. The molecular formula is C10H15N3O2. The lowest BCUT2D eigenvalue weighted by Gasteiger charge is -2.17. The second kappa shape index (κ2) is 3.20. The number of anilines is 1. The minimum absolute atomic E-state index is 0.340. The van der Waals surface area contributed by atoms with E-state index in [0.717, 1.165) is 19.4 Å². The van der Waals surface area contributed by atoms with Crippen molar-refractivity contribution in [2.24, 2.45) is 0 Å². The van der Waals surface area contributed by atoms with Gasteiger partial charge in [-0.3, -0.25) is 0 Å². The molecule has 2 aliphatic rings. The van der Waals surface area contributed by atoms with Crippen molar-refractivity contribution >= 4 is 6.01 Å². The lowest BCUT2D eigenvalue weighted by molar-refractivity contribution is 0.00768. The Balaban J connectivity index is 1.76. The second-order valence-corrected chi connectivity index (χ2v) is 4.52. The molecule has 0 aromatic carbocycles. The standard InChI is InChI=1S/C10H15N3O2/c1-10(5-2-6-14-10)8-12-9(15-13-8)11-7-3-4-7/h7H,2-6H2,1H3,(H,11,12,13). The zero-order valence-electron chi connectivity index (χ0n) is 8.82. The highest BCUT2D eigenvalue weighted by atomic mass is 16.5. The Kier molecular flexibility index (Phi) is 1.95. The molecule has 0 spiro atoms. The molecule has 1 aliphatic carbocycles. The molecule has 1 saturated carbocycles. The maximum Gasteiger partial charge on any atom is 0.321 e. The van der Waals surface area contributed by atoms with Gasteiger partial charge >= 0.3 is 6.01 Å². The molecule has 2 heterocycles. The molecule has 0 radical (unpaired) electrons. The summed E-state index contributed by atoms with van der Waals surface area (Å²) in [7, 11) is 0. The number of aromatic nitrogens is 2. The van der Waals surface area contributed by atoms with Crippen molar-refractivity contribution in [3.8, 4) is 0 Å². The molecule has 1 saturated heterocycles. The van der Waals surface area contributed by atoms with Crippen LogP contribution in [0.5, 0.6) is 0 Å². The van der Waals surface area contributed by atoms with Gasteiger partial charge in [-0.15, -0.1) is 0 Å². The van der Waals surface area contributed by atoms with Gasteiger partial charge in [0.15, 0.2) is 0 Å². The minimum atomic E-state index is -0.340. The molecule has 1 aromatic rings. The molecule has 1 aliphatic heterocycles. The highest BCUT2D eigenvalue weighted by molar-refractivity contribution is 5.24. The van der Waals surface area contributed by atoms with Gasteiger partial charge in [0.05, 0.1) is 0 Å². The lowest BCUT2D eigenvalue weighted by atomic mass is 10.0. The summed E-state index contributed by atoms with van der Waals surface area (Å²) in [5, 5.41) is 7.16. The zero-order chi connectivity index (χ0) is 10.3. The third-order valence-corrected chi connectivity index (χ3v) is 3.02. The fourth-order valence-electron chi connectivity index (χ4n) is 1.85. The Hall–Kier alpha value is -1.10. The van der Waals surface area contributed by atoms with Gasteiger partial charge in [0.25, 0.3) is 0 Å². The molecule has 1 atom stereocenters. The minimum Gasteiger partial charge on any atom is -0.367 e. The van der Waals surface area contributed by atoms with Crippen molar-refractivity contribution in [3.05, 3.63) is 5.82 Å². The van der Waals surface area contributed by atoms with Gasteiger partial charge in [0.2, 0.25) is 5.82 Å². The van der Waals surface area contributed by atoms with Crippen molar-refractivity contribution in [1.29, 1.82) is 0 Å². The van der Waals surface area contributed by atoms with Crippen molar-refractivity contribution in [1.82, 2.24) is 10.1 Å². The number of rotatable bonds is 3. The van der Waals surface area contributed by atoms with E-state index in [2.05, 4.69) is 15.5 Å². The highest BCUT2D eigenvalue weighted by Crippen LogP contribution is 2.34. The van der Waals surface area contributed by atoms with Crippen molar-refractivity contribution in [2.45, 2.75) is 44.2 Å². The number of ether oxygens (including phenoxy) is 1. The molecule has 3 rings (SSSR count). The SMILES string of the molecule is CC1(c2noc(NC3CC3)n2)CCCO1. The Morgan fingerprint density at radius 2 is 2.33 bits per heavy atom. The van der Waals surface area contributed by atoms with Gasteiger partial charge in [-0.1, -0.05) is 5.16 Å². The molecule has 2 fully saturated rings. The van der Waals surface area contributed by atoms with E-state index in [1.54, 1.807) is 0 Å². The third kappa shape index (κ3) is 1.71. The first-order valence-electron chi connectivity index (χ1n) is 5.51. The fourth-order valence-corrected chi connectivity index (χ4v) is 1.85. The summed E-state index contributed by atoms with van der Waals surface area (Å²) in [6, 6.07) is 1.07. The number of hydrogen-bond acceptors (Lipinski definition) is 5. The summed E-state index contributed by atoms with van der Waals surface area (Å²) in [6.07, 6.45) is 4.43. The molecular weight excluding hydrogens is 194 g/mol. The van der Waals surface area contributed by atoms with Crippen LogP contribution in [-0.2, 0) is 10.3 Å². The smallest absolute Gasteiger partial charge is 0.321 e. The van der Waals surface area contributed by atoms with Crippen LogP contribution in [0.2, 0.25) is 0 Å². The van der Waals surface area contributed by atoms with Crippen molar-refractivity contribution in [3.63, 3.8) is 0 Å². The van der Waals surface area contributed by atoms with E-state index < -0.39 is 0 Å². The van der Waals surface area contributed by atoms with E-state index >= 15 is 0 Å². The first kappa shape index (κ1) is 9.15. The Morgan fingerprint density at radius 3 is 3.00 bits per heavy atom. The first-order valence-corrected chi connectivity index (χ1v) is 5.51. The molecule has 82 valence electrons. The Labute approximate surface area is 88.2 Å². The lowest BCUT2D eigenvalue weighted by Crippen LogP contribution is -2.21. The molecule has 15 heavy (non-hydrogen) atoms. The normalized spacial score (nSPS) is 30.7. The summed E-state index contributed by atoms with van der Waals surface area (Å²) < 4.78 is 10.8. The van der Waals surface area contributed by atoms with E-state index in [1.165, 1.54) is 12.8 Å². The van der Waals surface area contributed by atoms with Gasteiger partial charge < -0.3 is 14.6 Å². The summed E-state index contributed by atoms with van der Waals surface area (Å²) >= 11 is 0. The molecule has 0 amide bonds.